The van der Waals surface area contributed by atoms with Crippen molar-refractivity contribution in [2.24, 2.45) is 5.73 Å². The molecule has 74 valence electrons. The number of hydrogen-bond donors (Lipinski definition) is 1. The van der Waals surface area contributed by atoms with Crippen molar-refractivity contribution < 1.29 is 4.42 Å². The Bertz CT molecular complexity index is 280. The molecular formula is C9H17N3O. The van der Waals surface area contributed by atoms with E-state index in [2.05, 4.69) is 4.98 Å². The highest BCUT2D eigenvalue weighted by atomic mass is 16.4. The Labute approximate surface area is 78.7 Å². The fourth-order valence-electron chi connectivity index (χ4n) is 1.41. The molecule has 4 heteroatoms. The van der Waals surface area contributed by atoms with Crippen molar-refractivity contribution in [1.29, 1.82) is 0 Å². The summed E-state index contributed by atoms with van der Waals surface area (Å²) in [7, 11) is 3.96. The van der Waals surface area contributed by atoms with E-state index in [9.17, 15) is 0 Å². The molecule has 1 atom stereocenters. The van der Waals surface area contributed by atoms with Crippen LogP contribution in [0.5, 0.6) is 0 Å². The third kappa shape index (κ3) is 2.08. The lowest BCUT2D eigenvalue weighted by atomic mass is 10.2. The topological polar surface area (TPSA) is 55.3 Å². The normalized spacial score (nSPS) is 13.7. The molecule has 0 aliphatic rings. The predicted molar refractivity (Wildman–Crippen MR) is 51.5 cm³/mol. The molecule has 0 aliphatic heterocycles. The highest BCUT2D eigenvalue weighted by Crippen LogP contribution is 2.21. The summed E-state index contributed by atoms with van der Waals surface area (Å²) in [5.74, 6) is 1.58. The molecule has 1 heterocycles. The second-order valence-electron chi connectivity index (χ2n) is 3.40. The minimum absolute atomic E-state index is 0.126. The zero-order valence-corrected chi connectivity index (χ0v) is 8.66. The standard InChI is InChI=1S/C9H17N3O/c1-6-9(13-7(2)11-6)8(5-10)12(3)4/h8H,5,10H2,1-4H3. The van der Waals surface area contributed by atoms with E-state index < -0.39 is 0 Å². The molecule has 1 aromatic rings. The van der Waals surface area contributed by atoms with E-state index in [1.54, 1.807) is 0 Å². The van der Waals surface area contributed by atoms with Gasteiger partial charge in [0.15, 0.2) is 5.89 Å². The van der Waals surface area contributed by atoms with Gasteiger partial charge in [0.2, 0.25) is 0 Å². The molecule has 0 aliphatic carbocycles. The summed E-state index contributed by atoms with van der Waals surface area (Å²) in [4.78, 5) is 6.25. The lowest BCUT2D eigenvalue weighted by Gasteiger charge is -2.20. The van der Waals surface area contributed by atoms with E-state index in [1.165, 1.54) is 0 Å². The molecule has 4 nitrogen and oxygen atoms in total. The summed E-state index contributed by atoms with van der Waals surface area (Å²) in [6.07, 6.45) is 0. The van der Waals surface area contributed by atoms with Crippen molar-refractivity contribution in [3.63, 3.8) is 0 Å². The summed E-state index contributed by atoms with van der Waals surface area (Å²) in [6.45, 7) is 4.33. The van der Waals surface area contributed by atoms with Crippen LogP contribution in [0.15, 0.2) is 4.42 Å². The summed E-state index contributed by atoms with van der Waals surface area (Å²) in [5.41, 5.74) is 6.59. The second-order valence-corrected chi connectivity index (χ2v) is 3.40. The smallest absolute Gasteiger partial charge is 0.191 e. The van der Waals surface area contributed by atoms with Gasteiger partial charge in [0.25, 0.3) is 0 Å². The zero-order chi connectivity index (χ0) is 10.0. The largest absolute Gasteiger partial charge is 0.444 e. The Morgan fingerprint density at radius 1 is 1.46 bits per heavy atom. The van der Waals surface area contributed by atoms with Crippen molar-refractivity contribution >= 4 is 0 Å². The van der Waals surface area contributed by atoms with E-state index >= 15 is 0 Å². The minimum Gasteiger partial charge on any atom is -0.444 e. The molecular weight excluding hydrogens is 166 g/mol. The first-order chi connectivity index (χ1) is 6.06. The van der Waals surface area contributed by atoms with E-state index in [4.69, 9.17) is 10.2 Å². The number of aryl methyl sites for hydroxylation is 2. The summed E-state index contributed by atoms with van der Waals surface area (Å²) < 4.78 is 5.50. The molecule has 1 unspecified atom stereocenters. The van der Waals surface area contributed by atoms with E-state index in [0.29, 0.717) is 12.4 Å². The lowest BCUT2D eigenvalue weighted by molar-refractivity contribution is 0.260. The fraction of sp³-hybridized carbons (Fsp3) is 0.667. The third-order valence-electron chi connectivity index (χ3n) is 2.09. The fourth-order valence-corrected chi connectivity index (χ4v) is 1.41. The van der Waals surface area contributed by atoms with Gasteiger partial charge in [-0.15, -0.1) is 0 Å². The van der Waals surface area contributed by atoms with Crippen LogP contribution in [0.4, 0.5) is 0 Å². The average molecular weight is 183 g/mol. The maximum absolute atomic E-state index is 5.65. The zero-order valence-electron chi connectivity index (χ0n) is 8.66. The van der Waals surface area contributed by atoms with Crippen molar-refractivity contribution in [3.05, 3.63) is 17.3 Å². The number of likely N-dealkylation sites (N-methyl/N-ethyl adjacent to an activating group) is 1. The Morgan fingerprint density at radius 3 is 2.38 bits per heavy atom. The van der Waals surface area contributed by atoms with Crippen molar-refractivity contribution in [2.45, 2.75) is 19.9 Å². The number of aromatic nitrogens is 1. The van der Waals surface area contributed by atoms with E-state index in [-0.39, 0.29) is 6.04 Å². The Kier molecular flexibility index (Phi) is 3.06. The molecule has 0 saturated carbocycles. The number of nitrogens with two attached hydrogens (primary N) is 1. The molecule has 0 amide bonds. The molecule has 0 saturated heterocycles. The van der Waals surface area contributed by atoms with Crippen LogP contribution in [-0.4, -0.2) is 30.5 Å². The van der Waals surface area contributed by atoms with Gasteiger partial charge in [-0.2, -0.15) is 0 Å². The molecule has 0 fully saturated rings. The van der Waals surface area contributed by atoms with Crippen LogP contribution < -0.4 is 5.73 Å². The molecule has 0 radical (unpaired) electrons. The van der Waals surface area contributed by atoms with Gasteiger partial charge in [0.05, 0.1) is 11.7 Å². The molecule has 0 spiro atoms. The maximum Gasteiger partial charge on any atom is 0.191 e. The first kappa shape index (κ1) is 10.2. The molecule has 0 bridgehead atoms. The number of nitrogens with zero attached hydrogens (tertiary/aromatic N) is 2. The van der Waals surface area contributed by atoms with Gasteiger partial charge in [0.1, 0.15) is 5.76 Å². The van der Waals surface area contributed by atoms with Gasteiger partial charge >= 0.3 is 0 Å². The van der Waals surface area contributed by atoms with Crippen LogP contribution in [0.25, 0.3) is 0 Å². The van der Waals surface area contributed by atoms with Gasteiger partial charge in [-0.05, 0) is 21.0 Å². The van der Waals surface area contributed by atoms with Gasteiger partial charge in [-0.25, -0.2) is 4.98 Å². The molecule has 2 N–H and O–H groups in total. The van der Waals surface area contributed by atoms with Crippen LogP contribution in [-0.2, 0) is 0 Å². The minimum atomic E-state index is 0.126. The molecule has 13 heavy (non-hydrogen) atoms. The van der Waals surface area contributed by atoms with Crippen LogP contribution in [0.1, 0.15) is 23.4 Å². The van der Waals surface area contributed by atoms with Crippen LogP contribution in [0.2, 0.25) is 0 Å². The van der Waals surface area contributed by atoms with Crippen molar-refractivity contribution in [2.75, 3.05) is 20.6 Å². The quantitative estimate of drug-likeness (QED) is 0.755. The summed E-state index contributed by atoms with van der Waals surface area (Å²) >= 11 is 0. The summed E-state index contributed by atoms with van der Waals surface area (Å²) in [6, 6.07) is 0.126. The number of rotatable bonds is 3. The SMILES string of the molecule is Cc1nc(C)c(C(CN)N(C)C)o1. The molecule has 0 aromatic carbocycles. The highest BCUT2D eigenvalue weighted by Gasteiger charge is 2.19. The molecule has 1 rings (SSSR count). The molecule has 1 aromatic heterocycles. The lowest BCUT2D eigenvalue weighted by Crippen LogP contribution is -2.27. The van der Waals surface area contributed by atoms with Crippen LogP contribution in [0, 0.1) is 13.8 Å². The van der Waals surface area contributed by atoms with Gasteiger partial charge in [0, 0.05) is 13.5 Å². The van der Waals surface area contributed by atoms with Crippen molar-refractivity contribution in [3.8, 4) is 0 Å². The highest BCUT2D eigenvalue weighted by molar-refractivity contribution is 5.12. The maximum atomic E-state index is 5.65. The average Bonchev–Trinajstić information content (AvgIpc) is 2.31. The number of hydrogen-bond acceptors (Lipinski definition) is 4. The Balaban J connectivity index is 2.97. The first-order valence-corrected chi connectivity index (χ1v) is 4.36. The van der Waals surface area contributed by atoms with Crippen LogP contribution >= 0.6 is 0 Å². The van der Waals surface area contributed by atoms with Gasteiger partial charge in [-0.1, -0.05) is 0 Å². The predicted octanol–water partition coefficient (Wildman–Crippen LogP) is 0.853. The second kappa shape index (κ2) is 3.89. The Morgan fingerprint density at radius 2 is 2.08 bits per heavy atom. The van der Waals surface area contributed by atoms with Crippen molar-refractivity contribution in [1.82, 2.24) is 9.88 Å². The Hall–Kier alpha value is -0.870. The first-order valence-electron chi connectivity index (χ1n) is 4.36. The van der Waals surface area contributed by atoms with Gasteiger partial charge < -0.3 is 10.2 Å². The van der Waals surface area contributed by atoms with E-state index in [0.717, 1.165) is 11.5 Å². The number of oxazole rings is 1. The third-order valence-corrected chi connectivity index (χ3v) is 2.09. The van der Waals surface area contributed by atoms with Crippen LogP contribution in [0.3, 0.4) is 0 Å². The monoisotopic (exact) mass is 183 g/mol. The van der Waals surface area contributed by atoms with E-state index in [1.807, 2.05) is 32.8 Å². The van der Waals surface area contributed by atoms with Gasteiger partial charge in [-0.3, -0.25) is 4.90 Å². The summed E-state index contributed by atoms with van der Waals surface area (Å²) in [5, 5.41) is 0.